The van der Waals surface area contributed by atoms with Crippen LogP contribution in [0.5, 0.6) is 0 Å². The predicted molar refractivity (Wildman–Crippen MR) is 131 cm³/mol. The van der Waals surface area contributed by atoms with Gasteiger partial charge in [-0.1, -0.05) is 43.3 Å². The highest BCUT2D eigenvalue weighted by molar-refractivity contribution is 7.09. The molecule has 32 heavy (non-hydrogen) atoms. The lowest BCUT2D eigenvalue weighted by Crippen LogP contribution is -2.37. The minimum Gasteiger partial charge on any atom is -0.459 e. The lowest BCUT2D eigenvalue weighted by Gasteiger charge is -2.28. The van der Waals surface area contributed by atoms with Crippen molar-refractivity contribution in [3.05, 3.63) is 70.5 Å². The lowest BCUT2D eigenvalue weighted by molar-refractivity contribution is 0.0379. The number of carbonyl (C=O) groups excluding carboxylic acids is 1. The topological polar surface area (TPSA) is 45.7 Å². The fraction of sp³-hybridized carbons (Fsp3) is 0.385. The van der Waals surface area contributed by atoms with Gasteiger partial charge in [0.2, 0.25) is 0 Å². The first-order valence-electron chi connectivity index (χ1n) is 11.3. The largest absolute Gasteiger partial charge is 0.459 e. The van der Waals surface area contributed by atoms with E-state index in [0.29, 0.717) is 11.6 Å². The first kappa shape index (κ1) is 22.5. The third-order valence-corrected chi connectivity index (χ3v) is 6.75. The molecule has 3 aromatic rings. The van der Waals surface area contributed by atoms with Crippen molar-refractivity contribution in [2.24, 2.45) is 0 Å². The molecule has 0 radical (unpaired) electrons. The van der Waals surface area contributed by atoms with Gasteiger partial charge in [0.25, 0.3) is 0 Å². The fourth-order valence-corrected chi connectivity index (χ4v) is 5.09. The first-order valence-corrected chi connectivity index (χ1v) is 12.2. The molecule has 1 atom stereocenters. The van der Waals surface area contributed by atoms with Crippen LogP contribution in [-0.2, 0) is 11.3 Å². The van der Waals surface area contributed by atoms with E-state index in [0.717, 1.165) is 49.5 Å². The van der Waals surface area contributed by atoms with E-state index in [2.05, 4.69) is 39.2 Å². The number of carbonyl (C=O) groups is 1. The molecule has 1 aromatic carbocycles. The number of nitrogens with zero attached hydrogens (tertiary/aromatic N) is 3. The van der Waals surface area contributed by atoms with Crippen molar-refractivity contribution in [1.82, 2.24) is 9.88 Å². The molecule has 4 rings (SSSR count). The number of hydrogen-bond donors (Lipinski definition) is 0. The maximum Gasteiger partial charge on any atom is 0.342 e. The summed E-state index contributed by atoms with van der Waals surface area (Å²) in [5.74, 6) is 0.419. The normalized spacial score (nSPS) is 16.2. The molecule has 0 bridgehead atoms. The molecule has 0 spiro atoms. The summed E-state index contributed by atoms with van der Waals surface area (Å²) in [6.45, 7) is 9.67. The Morgan fingerprint density at radius 2 is 2.03 bits per heavy atom. The average Bonchev–Trinajstić information content (AvgIpc) is 3.49. The van der Waals surface area contributed by atoms with E-state index in [1.54, 1.807) is 17.5 Å². The van der Waals surface area contributed by atoms with Crippen molar-refractivity contribution in [2.75, 3.05) is 24.5 Å². The van der Waals surface area contributed by atoms with Crippen LogP contribution >= 0.6 is 11.3 Å². The van der Waals surface area contributed by atoms with Crippen molar-refractivity contribution in [2.45, 2.75) is 45.9 Å². The molecule has 0 N–H and O–H groups in total. The SMILES string of the molecule is CCN(Cc1cccs1)[C@@H]1CCN(c2nccc(-c3ccccc3)c2C(=O)OC(C)C)C1. The molecule has 1 aliphatic rings. The zero-order chi connectivity index (χ0) is 22.5. The molecule has 0 aliphatic carbocycles. The molecule has 1 aliphatic heterocycles. The number of rotatable bonds is 8. The molecule has 0 amide bonds. The zero-order valence-corrected chi connectivity index (χ0v) is 19.8. The van der Waals surface area contributed by atoms with Gasteiger partial charge in [0.05, 0.1) is 6.10 Å². The van der Waals surface area contributed by atoms with Crippen LogP contribution in [0, 0.1) is 0 Å². The number of pyridine rings is 1. The predicted octanol–water partition coefficient (Wildman–Crippen LogP) is 5.48. The van der Waals surface area contributed by atoms with Gasteiger partial charge in [-0.2, -0.15) is 0 Å². The summed E-state index contributed by atoms with van der Waals surface area (Å²) in [4.78, 5) is 24.1. The second kappa shape index (κ2) is 10.3. The molecular weight excluding hydrogens is 418 g/mol. The number of esters is 1. The average molecular weight is 450 g/mol. The van der Waals surface area contributed by atoms with E-state index >= 15 is 0 Å². The lowest BCUT2D eigenvalue weighted by atomic mass is 10.0. The standard InChI is InChI=1S/C26H31N3O2S/c1-4-28(18-22-11-8-16-32-22)21-13-15-29(17-21)25-24(26(30)31-19(2)3)23(12-14-27-25)20-9-6-5-7-10-20/h5-12,14,16,19,21H,4,13,15,17-18H2,1-3H3/t21-/m1/s1. The number of hydrogen-bond acceptors (Lipinski definition) is 6. The van der Waals surface area contributed by atoms with Crippen LogP contribution in [0.2, 0.25) is 0 Å². The van der Waals surface area contributed by atoms with Crippen molar-refractivity contribution in [1.29, 1.82) is 0 Å². The summed E-state index contributed by atoms with van der Waals surface area (Å²) in [5.41, 5.74) is 2.43. The summed E-state index contributed by atoms with van der Waals surface area (Å²) in [6.07, 6.45) is 2.67. The third kappa shape index (κ3) is 5.03. The molecule has 1 fully saturated rings. The van der Waals surface area contributed by atoms with E-state index < -0.39 is 0 Å². The molecule has 0 unspecified atom stereocenters. The van der Waals surface area contributed by atoms with Crippen molar-refractivity contribution in [3.8, 4) is 11.1 Å². The van der Waals surface area contributed by atoms with Gasteiger partial charge >= 0.3 is 5.97 Å². The number of likely N-dealkylation sites (N-methyl/N-ethyl adjacent to an activating group) is 1. The van der Waals surface area contributed by atoms with Gasteiger partial charge < -0.3 is 9.64 Å². The minimum absolute atomic E-state index is 0.188. The quantitative estimate of drug-likeness (QED) is 0.426. The summed E-state index contributed by atoms with van der Waals surface area (Å²) >= 11 is 1.81. The third-order valence-electron chi connectivity index (χ3n) is 5.89. The van der Waals surface area contributed by atoms with Gasteiger partial charge in [-0.3, -0.25) is 4.90 Å². The Balaban J connectivity index is 1.63. The van der Waals surface area contributed by atoms with E-state index in [1.807, 2.05) is 50.2 Å². The molecule has 2 aromatic heterocycles. The monoisotopic (exact) mass is 449 g/mol. The molecular formula is C26H31N3O2S. The Morgan fingerprint density at radius 1 is 1.22 bits per heavy atom. The first-order chi connectivity index (χ1) is 15.6. The van der Waals surface area contributed by atoms with Gasteiger partial charge in [0.1, 0.15) is 11.4 Å². The van der Waals surface area contributed by atoms with E-state index in [1.165, 1.54) is 4.88 Å². The highest BCUT2D eigenvalue weighted by atomic mass is 32.1. The smallest absolute Gasteiger partial charge is 0.342 e. The second-order valence-electron chi connectivity index (χ2n) is 8.41. The Kier molecular flexibility index (Phi) is 7.22. The van der Waals surface area contributed by atoms with E-state index in [9.17, 15) is 4.79 Å². The van der Waals surface area contributed by atoms with Crippen LogP contribution in [0.25, 0.3) is 11.1 Å². The number of aromatic nitrogens is 1. The summed E-state index contributed by atoms with van der Waals surface area (Å²) in [6, 6.07) is 16.7. The highest BCUT2D eigenvalue weighted by Crippen LogP contribution is 2.33. The maximum absolute atomic E-state index is 13.2. The summed E-state index contributed by atoms with van der Waals surface area (Å²) in [5, 5.41) is 2.13. The van der Waals surface area contributed by atoms with Gasteiger partial charge in [-0.05, 0) is 49.9 Å². The van der Waals surface area contributed by atoms with Crippen LogP contribution in [0.4, 0.5) is 5.82 Å². The van der Waals surface area contributed by atoms with Crippen LogP contribution in [0.1, 0.15) is 42.4 Å². The van der Waals surface area contributed by atoms with E-state index in [-0.39, 0.29) is 12.1 Å². The molecule has 168 valence electrons. The molecule has 1 saturated heterocycles. The van der Waals surface area contributed by atoms with Crippen LogP contribution in [0.15, 0.2) is 60.1 Å². The number of anilines is 1. The number of thiophene rings is 1. The Labute approximate surface area is 194 Å². The second-order valence-corrected chi connectivity index (χ2v) is 9.44. The van der Waals surface area contributed by atoms with Gasteiger partial charge in [0, 0.05) is 42.3 Å². The van der Waals surface area contributed by atoms with Crippen molar-refractivity contribution in [3.63, 3.8) is 0 Å². The van der Waals surface area contributed by atoms with Gasteiger partial charge in [-0.15, -0.1) is 11.3 Å². The van der Waals surface area contributed by atoms with Gasteiger partial charge in [0.15, 0.2) is 0 Å². The molecule has 3 heterocycles. The summed E-state index contributed by atoms with van der Waals surface area (Å²) in [7, 11) is 0. The number of benzene rings is 1. The maximum atomic E-state index is 13.2. The fourth-order valence-electron chi connectivity index (χ4n) is 4.36. The van der Waals surface area contributed by atoms with Crippen molar-refractivity contribution >= 4 is 23.1 Å². The highest BCUT2D eigenvalue weighted by Gasteiger charge is 2.32. The minimum atomic E-state index is -0.309. The summed E-state index contributed by atoms with van der Waals surface area (Å²) < 4.78 is 5.65. The molecule has 5 nitrogen and oxygen atoms in total. The Hall–Kier alpha value is -2.70. The Morgan fingerprint density at radius 3 is 2.72 bits per heavy atom. The van der Waals surface area contributed by atoms with Crippen LogP contribution < -0.4 is 4.90 Å². The molecule has 6 heteroatoms. The molecule has 0 saturated carbocycles. The zero-order valence-electron chi connectivity index (χ0n) is 19.0. The van der Waals surface area contributed by atoms with Crippen LogP contribution in [0.3, 0.4) is 0 Å². The number of ether oxygens (including phenoxy) is 1. The van der Waals surface area contributed by atoms with Crippen LogP contribution in [-0.4, -0.2) is 47.6 Å². The Bertz CT molecular complexity index is 1020. The van der Waals surface area contributed by atoms with Gasteiger partial charge in [-0.25, -0.2) is 9.78 Å². The van der Waals surface area contributed by atoms with E-state index in [4.69, 9.17) is 4.74 Å². The van der Waals surface area contributed by atoms with Crippen molar-refractivity contribution < 1.29 is 9.53 Å².